The molecule has 8 nitrogen and oxygen atoms in total. The summed E-state index contributed by atoms with van der Waals surface area (Å²) in [5.74, 6) is 1.51. The summed E-state index contributed by atoms with van der Waals surface area (Å²) in [6.45, 7) is 4.55. The molecule has 1 saturated heterocycles. The summed E-state index contributed by atoms with van der Waals surface area (Å²) in [5.41, 5.74) is -0.208. The van der Waals surface area contributed by atoms with E-state index < -0.39 is 11.8 Å². The number of thiophene rings is 1. The largest absolute Gasteiger partial charge is 0.495 e. The molecule has 3 heterocycles. The average molecular weight is 601 g/mol. The third-order valence-electron chi connectivity index (χ3n) is 7.83. The molecule has 0 radical (unpaired) electrons. The summed E-state index contributed by atoms with van der Waals surface area (Å²) in [6.07, 6.45) is -2.67. The number of aryl methyl sites for hydroxylation is 1. The molecule has 0 amide bonds. The van der Waals surface area contributed by atoms with Gasteiger partial charge in [-0.2, -0.15) is 18.2 Å². The highest BCUT2D eigenvalue weighted by molar-refractivity contribution is 7.17. The molecule has 224 valence electrons. The Morgan fingerprint density at radius 3 is 2.43 bits per heavy atom. The number of hydrogen-bond donors (Lipinski definition) is 3. The van der Waals surface area contributed by atoms with Crippen molar-refractivity contribution in [2.24, 2.45) is 0 Å². The predicted octanol–water partition coefficient (Wildman–Crippen LogP) is 6.80. The molecule has 1 unspecified atom stereocenters. The minimum Gasteiger partial charge on any atom is -0.495 e. The molecule has 1 aliphatic heterocycles. The maximum atomic E-state index is 13.5. The molecular formula is C30H35F3N6O2S. The quantitative estimate of drug-likeness (QED) is 0.204. The summed E-state index contributed by atoms with van der Waals surface area (Å²) in [5, 5.41) is 19.3. The second kappa shape index (κ2) is 11.6. The lowest BCUT2D eigenvalue weighted by molar-refractivity contribution is -0.258. The Kier molecular flexibility index (Phi) is 8.23. The standard InChI is InChI=1S/C30H35F3N6O2S/c1-18-17-42-27-25(18)26(34-20-8-6-7-19(15-20)29(2,40)30(31,32)33)36-28(37-27)35-21-9-10-23(24(16-21)41-5)39-13-11-22(12-14-39)38(3)4/h6-10,15-17,22,40H,11-14H2,1-5H3,(H2,34,35,36,37). The van der Waals surface area contributed by atoms with E-state index in [0.29, 0.717) is 23.5 Å². The number of nitrogens with one attached hydrogen (secondary N) is 2. The van der Waals surface area contributed by atoms with E-state index in [0.717, 1.165) is 65.8 Å². The molecule has 1 atom stereocenters. The molecular weight excluding hydrogens is 565 g/mol. The van der Waals surface area contributed by atoms with Crippen LogP contribution in [0.2, 0.25) is 0 Å². The maximum Gasteiger partial charge on any atom is 0.421 e. The summed E-state index contributed by atoms with van der Waals surface area (Å²) >= 11 is 1.45. The topological polar surface area (TPSA) is 85.8 Å². The minimum absolute atomic E-state index is 0.274. The highest BCUT2D eigenvalue weighted by atomic mass is 32.1. The summed E-state index contributed by atoms with van der Waals surface area (Å²) in [4.78, 5) is 14.7. The van der Waals surface area contributed by atoms with E-state index in [-0.39, 0.29) is 5.56 Å². The first-order valence-corrected chi connectivity index (χ1v) is 14.5. The van der Waals surface area contributed by atoms with Crippen LogP contribution in [0.25, 0.3) is 10.2 Å². The van der Waals surface area contributed by atoms with Crippen LogP contribution in [-0.4, -0.2) is 66.5 Å². The Balaban J connectivity index is 1.42. The van der Waals surface area contributed by atoms with Gasteiger partial charge in [0.2, 0.25) is 5.95 Å². The molecule has 0 bridgehead atoms. The van der Waals surface area contributed by atoms with E-state index in [4.69, 9.17) is 9.72 Å². The van der Waals surface area contributed by atoms with Gasteiger partial charge in [-0.3, -0.25) is 0 Å². The monoisotopic (exact) mass is 600 g/mol. The average Bonchev–Trinajstić information content (AvgIpc) is 3.33. The molecule has 1 fully saturated rings. The molecule has 0 aliphatic carbocycles. The summed E-state index contributed by atoms with van der Waals surface area (Å²) in [7, 11) is 5.89. The zero-order chi connectivity index (χ0) is 30.2. The van der Waals surface area contributed by atoms with Crippen molar-refractivity contribution in [1.29, 1.82) is 0 Å². The number of fused-ring (bicyclic) bond motifs is 1. The number of benzene rings is 2. The van der Waals surface area contributed by atoms with E-state index in [1.807, 2.05) is 30.5 Å². The van der Waals surface area contributed by atoms with Crippen molar-refractivity contribution in [3.05, 3.63) is 59.0 Å². The van der Waals surface area contributed by atoms with Crippen molar-refractivity contribution in [1.82, 2.24) is 14.9 Å². The normalized spacial score (nSPS) is 16.1. The van der Waals surface area contributed by atoms with Crippen LogP contribution in [0.5, 0.6) is 5.75 Å². The highest BCUT2D eigenvalue weighted by Gasteiger charge is 2.51. The van der Waals surface area contributed by atoms with E-state index >= 15 is 0 Å². The first-order chi connectivity index (χ1) is 19.9. The third kappa shape index (κ3) is 5.97. The second-order valence-corrected chi connectivity index (χ2v) is 11.8. The van der Waals surface area contributed by atoms with Gasteiger partial charge < -0.3 is 30.3 Å². The van der Waals surface area contributed by atoms with Crippen LogP contribution in [0.3, 0.4) is 0 Å². The van der Waals surface area contributed by atoms with Crippen LogP contribution >= 0.6 is 11.3 Å². The molecule has 2 aromatic heterocycles. The second-order valence-electron chi connectivity index (χ2n) is 11.0. The van der Waals surface area contributed by atoms with Gasteiger partial charge in [-0.25, -0.2) is 4.98 Å². The number of piperidine rings is 1. The number of aliphatic hydroxyl groups is 1. The lowest BCUT2D eigenvalue weighted by Crippen LogP contribution is -2.42. The van der Waals surface area contributed by atoms with Crippen molar-refractivity contribution in [2.45, 2.75) is 44.5 Å². The predicted molar refractivity (Wildman–Crippen MR) is 163 cm³/mol. The molecule has 12 heteroatoms. The molecule has 4 aromatic rings. The smallest absolute Gasteiger partial charge is 0.421 e. The molecule has 5 rings (SSSR count). The van der Waals surface area contributed by atoms with Gasteiger partial charge >= 0.3 is 6.18 Å². The fraction of sp³-hybridized carbons (Fsp3) is 0.400. The maximum absolute atomic E-state index is 13.5. The fourth-order valence-electron chi connectivity index (χ4n) is 5.20. The Labute approximate surface area is 247 Å². The molecule has 2 aromatic carbocycles. The van der Waals surface area contributed by atoms with Crippen molar-refractivity contribution >= 4 is 50.4 Å². The number of methoxy groups -OCH3 is 1. The summed E-state index contributed by atoms with van der Waals surface area (Å²) < 4.78 is 46.2. The number of ether oxygens (including phenoxy) is 1. The number of hydrogen-bond acceptors (Lipinski definition) is 9. The molecule has 42 heavy (non-hydrogen) atoms. The number of anilines is 5. The van der Waals surface area contributed by atoms with Gasteiger partial charge in [0.15, 0.2) is 5.60 Å². The van der Waals surface area contributed by atoms with Crippen molar-refractivity contribution in [3.63, 3.8) is 0 Å². The number of rotatable bonds is 8. The summed E-state index contributed by atoms with van der Waals surface area (Å²) in [6, 6.07) is 12.1. The molecule has 0 spiro atoms. The van der Waals surface area contributed by atoms with E-state index in [1.54, 1.807) is 13.2 Å². The lowest BCUT2D eigenvalue weighted by atomic mass is 9.95. The number of nitrogens with zero attached hydrogens (tertiary/aromatic N) is 4. The Hall–Kier alpha value is -3.61. The van der Waals surface area contributed by atoms with E-state index in [1.165, 1.54) is 29.5 Å². The van der Waals surface area contributed by atoms with Gasteiger partial charge in [0.05, 0.1) is 18.2 Å². The molecule has 3 N–H and O–H groups in total. The van der Waals surface area contributed by atoms with Crippen LogP contribution in [-0.2, 0) is 5.60 Å². The zero-order valence-corrected chi connectivity index (χ0v) is 25.0. The van der Waals surface area contributed by atoms with Gasteiger partial charge in [-0.15, -0.1) is 11.3 Å². The van der Waals surface area contributed by atoms with Gasteiger partial charge in [0, 0.05) is 36.6 Å². The Bertz CT molecular complexity index is 1560. The Morgan fingerprint density at radius 2 is 1.76 bits per heavy atom. The van der Waals surface area contributed by atoms with Crippen LogP contribution in [0.1, 0.15) is 30.9 Å². The van der Waals surface area contributed by atoms with Gasteiger partial charge in [-0.05, 0) is 81.6 Å². The van der Waals surface area contributed by atoms with Crippen LogP contribution < -0.4 is 20.3 Å². The number of alkyl halides is 3. The first-order valence-electron chi connectivity index (χ1n) is 13.7. The fourth-order valence-corrected chi connectivity index (χ4v) is 6.12. The zero-order valence-electron chi connectivity index (χ0n) is 24.2. The lowest BCUT2D eigenvalue weighted by Gasteiger charge is -2.37. The van der Waals surface area contributed by atoms with Crippen molar-refractivity contribution in [3.8, 4) is 5.75 Å². The van der Waals surface area contributed by atoms with Gasteiger partial charge in [0.25, 0.3) is 0 Å². The highest BCUT2D eigenvalue weighted by Crippen LogP contribution is 2.40. The van der Waals surface area contributed by atoms with Crippen LogP contribution in [0.15, 0.2) is 47.8 Å². The third-order valence-corrected chi connectivity index (χ3v) is 8.82. The van der Waals surface area contributed by atoms with Gasteiger partial charge in [0.1, 0.15) is 16.4 Å². The first kappa shape index (κ1) is 29.9. The molecule has 0 saturated carbocycles. The molecule has 1 aliphatic rings. The van der Waals surface area contributed by atoms with E-state index in [2.05, 4.69) is 39.5 Å². The minimum atomic E-state index is -4.83. The van der Waals surface area contributed by atoms with E-state index in [9.17, 15) is 18.3 Å². The van der Waals surface area contributed by atoms with Gasteiger partial charge in [-0.1, -0.05) is 12.1 Å². The number of aromatic nitrogens is 2. The number of halogens is 3. The van der Waals surface area contributed by atoms with Crippen molar-refractivity contribution < 1.29 is 23.0 Å². The Morgan fingerprint density at radius 1 is 1.05 bits per heavy atom. The SMILES string of the molecule is COc1cc(Nc2nc(Nc3cccc(C(C)(O)C(F)(F)F)c3)c3c(C)csc3n2)ccc1N1CCC(N(C)C)CC1. The van der Waals surface area contributed by atoms with Crippen LogP contribution in [0, 0.1) is 6.92 Å². The van der Waals surface area contributed by atoms with Crippen molar-refractivity contribution in [2.75, 3.05) is 49.8 Å². The van der Waals surface area contributed by atoms with Crippen LogP contribution in [0.4, 0.5) is 42.0 Å².